The fraction of sp³-hybridized carbons (Fsp3) is 0.625. The highest BCUT2D eigenvalue weighted by molar-refractivity contribution is 5.48. The van der Waals surface area contributed by atoms with Crippen LogP contribution in [0, 0.1) is 5.92 Å². The minimum absolute atomic E-state index is 0.923. The monoisotopic (exact) mass is 262 g/mol. The maximum Gasteiger partial charge on any atom is 0.119 e. The highest BCUT2D eigenvalue weighted by Crippen LogP contribution is 2.21. The van der Waals surface area contributed by atoms with Crippen molar-refractivity contribution in [3.63, 3.8) is 0 Å². The molecule has 0 saturated carbocycles. The van der Waals surface area contributed by atoms with Gasteiger partial charge in [-0.05, 0) is 69.0 Å². The lowest BCUT2D eigenvalue weighted by atomic mass is 9.93. The number of ether oxygens (including phenoxy) is 1. The average Bonchev–Trinajstić information content (AvgIpc) is 2.48. The van der Waals surface area contributed by atoms with Crippen molar-refractivity contribution in [2.45, 2.75) is 25.7 Å². The number of nitrogens with one attached hydrogen (secondary N) is 1. The summed E-state index contributed by atoms with van der Waals surface area (Å²) in [5.74, 6) is 1.86. The summed E-state index contributed by atoms with van der Waals surface area (Å²) in [6, 6.07) is 8.31. The predicted octanol–water partition coefficient (Wildman–Crippen LogP) is 2.91. The van der Waals surface area contributed by atoms with Gasteiger partial charge < -0.3 is 15.0 Å². The van der Waals surface area contributed by atoms with Crippen molar-refractivity contribution < 1.29 is 4.74 Å². The van der Waals surface area contributed by atoms with Crippen LogP contribution >= 0.6 is 0 Å². The van der Waals surface area contributed by atoms with Gasteiger partial charge in [-0.25, -0.2) is 0 Å². The molecule has 0 radical (unpaired) electrons. The lowest BCUT2D eigenvalue weighted by Gasteiger charge is -2.24. The maximum absolute atomic E-state index is 5.18. The molecule has 0 aliphatic carbocycles. The summed E-state index contributed by atoms with van der Waals surface area (Å²) in [5.41, 5.74) is 1.27. The van der Waals surface area contributed by atoms with Crippen molar-refractivity contribution in [1.29, 1.82) is 0 Å². The number of nitrogens with zero attached hydrogens (tertiary/aromatic N) is 1. The minimum Gasteiger partial charge on any atom is -0.497 e. The van der Waals surface area contributed by atoms with E-state index in [0.717, 1.165) is 18.2 Å². The van der Waals surface area contributed by atoms with E-state index in [2.05, 4.69) is 29.4 Å². The van der Waals surface area contributed by atoms with Crippen LogP contribution in [0.4, 0.5) is 5.69 Å². The van der Waals surface area contributed by atoms with Crippen molar-refractivity contribution in [3.05, 3.63) is 24.3 Å². The standard InChI is InChI=1S/C16H26N2O/c1-18(15-5-7-16(19-2)8-6-15)13-3-4-14-9-11-17-12-10-14/h5-8,14,17H,3-4,9-13H2,1-2H3. The Morgan fingerprint density at radius 1 is 1.21 bits per heavy atom. The molecule has 3 nitrogen and oxygen atoms in total. The first-order valence-electron chi connectivity index (χ1n) is 7.35. The zero-order valence-corrected chi connectivity index (χ0v) is 12.2. The quantitative estimate of drug-likeness (QED) is 0.853. The molecule has 1 heterocycles. The Kier molecular flexibility index (Phi) is 5.52. The fourth-order valence-electron chi connectivity index (χ4n) is 2.75. The van der Waals surface area contributed by atoms with Gasteiger partial charge >= 0.3 is 0 Å². The van der Waals surface area contributed by atoms with Crippen LogP contribution < -0.4 is 15.0 Å². The molecule has 1 N–H and O–H groups in total. The first kappa shape index (κ1) is 14.2. The van der Waals surface area contributed by atoms with Crippen LogP contribution in [-0.2, 0) is 0 Å². The predicted molar refractivity (Wildman–Crippen MR) is 81.1 cm³/mol. The summed E-state index contributed by atoms with van der Waals surface area (Å²) >= 11 is 0. The molecule has 106 valence electrons. The van der Waals surface area contributed by atoms with Crippen molar-refractivity contribution in [3.8, 4) is 5.75 Å². The molecule has 19 heavy (non-hydrogen) atoms. The van der Waals surface area contributed by atoms with Crippen molar-refractivity contribution >= 4 is 5.69 Å². The number of benzene rings is 1. The Labute approximate surface area is 116 Å². The molecule has 0 unspecified atom stereocenters. The molecule has 0 spiro atoms. The van der Waals surface area contributed by atoms with E-state index < -0.39 is 0 Å². The molecule has 0 aromatic heterocycles. The topological polar surface area (TPSA) is 24.5 Å². The Morgan fingerprint density at radius 2 is 1.89 bits per heavy atom. The molecule has 2 rings (SSSR count). The Bertz CT molecular complexity index is 358. The van der Waals surface area contributed by atoms with Gasteiger partial charge in [0.25, 0.3) is 0 Å². The van der Waals surface area contributed by atoms with Crippen LogP contribution in [-0.4, -0.2) is 33.8 Å². The van der Waals surface area contributed by atoms with Crippen molar-refractivity contribution in [2.24, 2.45) is 5.92 Å². The molecule has 1 aromatic rings. The number of hydrogen-bond donors (Lipinski definition) is 1. The summed E-state index contributed by atoms with van der Waals surface area (Å²) in [5, 5.41) is 3.43. The smallest absolute Gasteiger partial charge is 0.119 e. The normalized spacial score (nSPS) is 16.3. The van der Waals surface area contributed by atoms with Gasteiger partial charge in [-0.3, -0.25) is 0 Å². The minimum atomic E-state index is 0.923. The fourth-order valence-corrected chi connectivity index (χ4v) is 2.75. The van der Waals surface area contributed by atoms with Gasteiger partial charge in [-0.1, -0.05) is 0 Å². The Balaban J connectivity index is 1.72. The Hall–Kier alpha value is -1.22. The van der Waals surface area contributed by atoms with Crippen LogP contribution in [0.15, 0.2) is 24.3 Å². The third kappa shape index (κ3) is 4.43. The summed E-state index contributed by atoms with van der Waals surface area (Å²) in [6.45, 7) is 3.55. The summed E-state index contributed by atoms with van der Waals surface area (Å²) in [4.78, 5) is 2.33. The van der Waals surface area contributed by atoms with Crippen molar-refractivity contribution in [2.75, 3.05) is 38.7 Å². The van der Waals surface area contributed by atoms with Gasteiger partial charge in [0.2, 0.25) is 0 Å². The molecule has 3 heteroatoms. The van der Waals surface area contributed by atoms with Gasteiger partial charge in [0.05, 0.1) is 7.11 Å². The molecular formula is C16H26N2O. The SMILES string of the molecule is COc1ccc(N(C)CCCC2CCNCC2)cc1. The summed E-state index contributed by atoms with van der Waals surface area (Å²) in [6.07, 6.45) is 5.36. The molecule has 0 atom stereocenters. The van der Waals surface area contributed by atoms with E-state index in [-0.39, 0.29) is 0 Å². The van der Waals surface area contributed by atoms with E-state index in [1.54, 1.807) is 7.11 Å². The second-order valence-electron chi connectivity index (χ2n) is 5.46. The van der Waals surface area contributed by atoms with Crippen LogP contribution in [0.5, 0.6) is 5.75 Å². The maximum atomic E-state index is 5.18. The molecule has 1 aliphatic heterocycles. The van der Waals surface area contributed by atoms with Gasteiger partial charge in [0.15, 0.2) is 0 Å². The van der Waals surface area contributed by atoms with Crippen LogP contribution in [0.1, 0.15) is 25.7 Å². The van der Waals surface area contributed by atoms with Gasteiger partial charge in [-0.15, -0.1) is 0 Å². The molecule has 1 fully saturated rings. The number of anilines is 1. The third-order valence-corrected chi connectivity index (χ3v) is 4.08. The molecule has 0 bridgehead atoms. The van der Waals surface area contributed by atoms with Crippen LogP contribution in [0.3, 0.4) is 0 Å². The molecular weight excluding hydrogens is 236 g/mol. The Morgan fingerprint density at radius 3 is 2.53 bits per heavy atom. The third-order valence-electron chi connectivity index (χ3n) is 4.08. The number of piperidine rings is 1. The number of hydrogen-bond acceptors (Lipinski definition) is 3. The molecule has 0 amide bonds. The first-order valence-corrected chi connectivity index (χ1v) is 7.35. The second-order valence-corrected chi connectivity index (χ2v) is 5.46. The van der Waals surface area contributed by atoms with E-state index in [1.165, 1.54) is 44.5 Å². The van der Waals surface area contributed by atoms with Crippen molar-refractivity contribution in [1.82, 2.24) is 5.32 Å². The molecule has 1 aromatic carbocycles. The number of rotatable bonds is 6. The molecule has 1 aliphatic rings. The lowest BCUT2D eigenvalue weighted by molar-refractivity contribution is 0.348. The second kappa shape index (κ2) is 7.39. The van der Waals surface area contributed by atoms with Crippen LogP contribution in [0.2, 0.25) is 0 Å². The highest BCUT2D eigenvalue weighted by atomic mass is 16.5. The van der Waals surface area contributed by atoms with E-state index in [9.17, 15) is 0 Å². The summed E-state index contributed by atoms with van der Waals surface area (Å²) < 4.78 is 5.18. The van der Waals surface area contributed by atoms with Crippen LogP contribution in [0.25, 0.3) is 0 Å². The van der Waals surface area contributed by atoms with Gasteiger partial charge in [0, 0.05) is 19.3 Å². The average molecular weight is 262 g/mol. The highest BCUT2D eigenvalue weighted by Gasteiger charge is 2.12. The van der Waals surface area contributed by atoms with E-state index >= 15 is 0 Å². The van der Waals surface area contributed by atoms with E-state index in [0.29, 0.717) is 0 Å². The van der Waals surface area contributed by atoms with E-state index in [1.807, 2.05) is 12.1 Å². The largest absolute Gasteiger partial charge is 0.497 e. The molecule has 1 saturated heterocycles. The lowest BCUT2D eigenvalue weighted by Crippen LogP contribution is -2.28. The van der Waals surface area contributed by atoms with Gasteiger partial charge in [0.1, 0.15) is 5.75 Å². The number of methoxy groups -OCH3 is 1. The zero-order valence-electron chi connectivity index (χ0n) is 12.2. The zero-order chi connectivity index (χ0) is 13.5. The van der Waals surface area contributed by atoms with Gasteiger partial charge in [-0.2, -0.15) is 0 Å². The summed E-state index contributed by atoms with van der Waals surface area (Å²) in [7, 11) is 3.88. The first-order chi connectivity index (χ1) is 9.29. The van der Waals surface area contributed by atoms with E-state index in [4.69, 9.17) is 4.74 Å².